The van der Waals surface area contributed by atoms with Crippen molar-refractivity contribution in [3.8, 4) is 0 Å². The summed E-state index contributed by atoms with van der Waals surface area (Å²) in [6.07, 6.45) is 0. The van der Waals surface area contributed by atoms with Crippen molar-refractivity contribution in [3.05, 3.63) is 11.5 Å². The fraction of sp³-hybridized carbons (Fsp3) is 0.429. The minimum Gasteiger partial charge on any atom is -0.384 e. The SMILES string of the molecule is CNc1c(C)[nH]n2c(C)nnc12. The van der Waals surface area contributed by atoms with Crippen molar-refractivity contribution in [1.82, 2.24) is 19.8 Å². The topological polar surface area (TPSA) is 58.0 Å². The summed E-state index contributed by atoms with van der Waals surface area (Å²) in [7, 11) is 1.88. The molecule has 5 nitrogen and oxygen atoms in total. The van der Waals surface area contributed by atoms with Crippen LogP contribution in [-0.2, 0) is 0 Å². The van der Waals surface area contributed by atoms with Crippen LogP contribution in [0.5, 0.6) is 0 Å². The van der Waals surface area contributed by atoms with E-state index in [1.54, 1.807) is 0 Å². The van der Waals surface area contributed by atoms with E-state index in [-0.39, 0.29) is 0 Å². The maximum Gasteiger partial charge on any atom is 0.200 e. The summed E-state index contributed by atoms with van der Waals surface area (Å²) in [5.74, 6) is 0.870. The van der Waals surface area contributed by atoms with Crippen LogP contribution in [0.15, 0.2) is 0 Å². The average Bonchev–Trinajstić information content (AvgIpc) is 2.52. The van der Waals surface area contributed by atoms with Gasteiger partial charge in [0, 0.05) is 7.05 Å². The number of hydrogen-bond acceptors (Lipinski definition) is 3. The smallest absolute Gasteiger partial charge is 0.200 e. The predicted molar refractivity (Wildman–Crippen MR) is 46.4 cm³/mol. The normalized spacial score (nSPS) is 10.9. The largest absolute Gasteiger partial charge is 0.384 e. The molecule has 0 saturated carbocycles. The number of aromatic nitrogens is 4. The molecule has 2 N–H and O–H groups in total. The first-order valence-electron chi connectivity index (χ1n) is 3.82. The summed E-state index contributed by atoms with van der Waals surface area (Å²) < 4.78 is 1.86. The molecular formula is C7H11N5. The van der Waals surface area contributed by atoms with Crippen LogP contribution in [0.4, 0.5) is 5.69 Å². The zero-order valence-electron chi connectivity index (χ0n) is 7.34. The van der Waals surface area contributed by atoms with Crippen LogP contribution in [0, 0.1) is 13.8 Å². The zero-order chi connectivity index (χ0) is 8.72. The molecule has 0 amide bonds. The second-order valence-corrected chi connectivity index (χ2v) is 2.77. The van der Waals surface area contributed by atoms with E-state index in [4.69, 9.17) is 0 Å². The van der Waals surface area contributed by atoms with Crippen LogP contribution in [0.2, 0.25) is 0 Å². The molecule has 0 atom stereocenters. The van der Waals surface area contributed by atoms with Gasteiger partial charge in [-0.05, 0) is 13.8 Å². The monoisotopic (exact) mass is 165 g/mol. The zero-order valence-corrected chi connectivity index (χ0v) is 7.34. The maximum atomic E-state index is 4.03. The molecule has 0 aromatic carbocycles. The Morgan fingerprint density at radius 1 is 1.33 bits per heavy atom. The Morgan fingerprint density at radius 3 is 2.75 bits per heavy atom. The van der Waals surface area contributed by atoms with Crippen molar-refractivity contribution in [3.63, 3.8) is 0 Å². The highest BCUT2D eigenvalue weighted by atomic mass is 15.4. The van der Waals surface area contributed by atoms with Crippen molar-refractivity contribution in [2.45, 2.75) is 13.8 Å². The lowest BCUT2D eigenvalue weighted by molar-refractivity contribution is 0.876. The molecule has 12 heavy (non-hydrogen) atoms. The summed E-state index contributed by atoms with van der Waals surface area (Å²) in [5.41, 5.74) is 2.94. The summed E-state index contributed by atoms with van der Waals surface area (Å²) >= 11 is 0. The number of H-pyrrole nitrogens is 1. The van der Waals surface area contributed by atoms with E-state index in [1.165, 1.54) is 0 Å². The highest BCUT2D eigenvalue weighted by molar-refractivity contribution is 5.69. The van der Waals surface area contributed by atoms with Gasteiger partial charge in [-0.3, -0.25) is 5.10 Å². The van der Waals surface area contributed by atoms with E-state index in [0.717, 1.165) is 22.9 Å². The van der Waals surface area contributed by atoms with Crippen molar-refractivity contribution in [2.75, 3.05) is 12.4 Å². The lowest BCUT2D eigenvalue weighted by Gasteiger charge is -1.92. The number of aromatic amines is 1. The van der Waals surface area contributed by atoms with Crippen molar-refractivity contribution < 1.29 is 0 Å². The molecule has 0 spiro atoms. The van der Waals surface area contributed by atoms with Gasteiger partial charge in [0.05, 0.1) is 5.69 Å². The second-order valence-electron chi connectivity index (χ2n) is 2.77. The third-order valence-electron chi connectivity index (χ3n) is 1.95. The van der Waals surface area contributed by atoms with Gasteiger partial charge in [0.2, 0.25) is 5.65 Å². The van der Waals surface area contributed by atoms with E-state index in [1.807, 2.05) is 25.4 Å². The first-order valence-corrected chi connectivity index (χ1v) is 3.82. The Labute approximate surface area is 69.8 Å². The fourth-order valence-electron chi connectivity index (χ4n) is 1.35. The van der Waals surface area contributed by atoms with Crippen LogP contribution >= 0.6 is 0 Å². The van der Waals surface area contributed by atoms with E-state index in [0.29, 0.717) is 0 Å². The predicted octanol–water partition coefficient (Wildman–Crippen LogP) is 0.716. The average molecular weight is 165 g/mol. The first-order chi connectivity index (χ1) is 5.74. The third-order valence-corrected chi connectivity index (χ3v) is 1.95. The third kappa shape index (κ3) is 0.731. The molecule has 0 saturated heterocycles. The molecule has 0 fully saturated rings. The van der Waals surface area contributed by atoms with E-state index in [2.05, 4.69) is 20.6 Å². The highest BCUT2D eigenvalue weighted by Crippen LogP contribution is 2.18. The van der Waals surface area contributed by atoms with Gasteiger partial charge in [0.1, 0.15) is 11.5 Å². The molecule has 64 valence electrons. The Kier molecular flexibility index (Phi) is 1.33. The molecule has 0 bridgehead atoms. The van der Waals surface area contributed by atoms with E-state index in [9.17, 15) is 0 Å². The van der Waals surface area contributed by atoms with E-state index >= 15 is 0 Å². The second kappa shape index (κ2) is 2.23. The van der Waals surface area contributed by atoms with Gasteiger partial charge in [0.15, 0.2) is 0 Å². The number of nitrogens with one attached hydrogen (secondary N) is 2. The molecule has 5 heteroatoms. The number of nitrogens with zero attached hydrogens (tertiary/aromatic N) is 3. The van der Waals surface area contributed by atoms with Crippen molar-refractivity contribution in [2.24, 2.45) is 0 Å². The van der Waals surface area contributed by atoms with Gasteiger partial charge in [-0.2, -0.15) is 0 Å². The summed E-state index contributed by atoms with van der Waals surface area (Å²) in [6, 6.07) is 0. The molecule has 2 rings (SSSR count). The van der Waals surface area contributed by atoms with Gasteiger partial charge in [-0.15, -0.1) is 10.2 Å². The number of fused-ring (bicyclic) bond motifs is 1. The quantitative estimate of drug-likeness (QED) is 0.654. The van der Waals surface area contributed by atoms with Crippen LogP contribution in [0.3, 0.4) is 0 Å². The fourth-order valence-corrected chi connectivity index (χ4v) is 1.35. The van der Waals surface area contributed by atoms with Gasteiger partial charge < -0.3 is 5.32 Å². The first kappa shape index (κ1) is 7.15. The maximum absolute atomic E-state index is 4.03. The molecule has 2 aromatic heterocycles. The van der Waals surface area contributed by atoms with Gasteiger partial charge >= 0.3 is 0 Å². The lowest BCUT2D eigenvalue weighted by Crippen LogP contribution is -1.89. The van der Waals surface area contributed by atoms with Crippen molar-refractivity contribution >= 4 is 11.3 Å². The molecule has 0 radical (unpaired) electrons. The Morgan fingerprint density at radius 2 is 2.08 bits per heavy atom. The number of aryl methyl sites for hydroxylation is 2. The van der Waals surface area contributed by atoms with Crippen LogP contribution in [0.1, 0.15) is 11.5 Å². The molecule has 0 aliphatic carbocycles. The molecular weight excluding hydrogens is 154 g/mol. The Hall–Kier alpha value is -1.52. The minimum atomic E-state index is 0.854. The summed E-state index contributed by atoms with van der Waals surface area (Å²) in [5, 5.41) is 14.2. The Bertz CT molecular complexity index is 411. The molecule has 0 unspecified atom stereocenters. The molecule has 2 heterocycles. The standard InChI is InChI=1S/C7H11N5/c1-4-6(8-3)7-10-9-5(2)12(7)11-4/h8,11H,1-3H3. The lowest BCUT2D eigenvalue weighted by atomic mass is 10.4. The van der Waals surface area contributed by atoms with Gasteiger partial charge in [0.25, 0.3) is 0 Å². The number of hydrogen-bond donors (Lipinski definition) is 2. The minimum absolute atomic E-state index is 0.854. The van der Waals surface area contributed by atoms with Crippen molar-refractivity contribution in [1.29, 1.82) is 0 Å². The van der Waals surface area contributed by atoms with Crippen LogP contribution < -0.4 is 5.32 Å². The molecule has 2 aromatic rings. The summed E-state index contributed by atoms with van der Waals surface area (Å²) in [6.45, 7) is 3.91. The molecule has 0 aliphatic rings. The van der Waals surface area contributed by atoms with Gasteiger partial charge in [-0.25, -0.2) is 4.52 Å². The molecule has 0 aliphatic heterocycles. The van der Waals surface area contributed by atoms with Gasteiger partial charge in [-0.1, -0.05) is 0 Å². The number of anilines is 1. The number of rotatable bonds is 1. The Balaban J connectivity index is 2.82. The summed E-state index contributed by atoms with van der Waals surface area (Å²) in [4.78, 5) is 0. The van der Waals surface area contributed by atoms with Crippen LogP contribution in [-0.4, -0.2) is 26.9 Å². The van der Waals surface area contributed by atoms with E-state index < -0.39 is 0 Å². The highest BCUT2D eigenvalue weighted by Gasteiger charge is 2.10. The van der Waals surface area contributed by atoms with Crippen LogP contribution in [0.25, 0.3) is 5.65 Å².